The van der Waals surface area contributed by atoms with E-state index in [0.717, 1.165) is 6.61 Å². The van der Waals surface area contributed by atoms with E-state index >= 15 is 0 Å². The van der Waals surface area contributed by atoms with Crippen molar-refractivity contribution in [3.05, 3.63) is 29.8 Å². The van der Waals surface area contributed by atoms with Crippen LogP contribution >= 0.6 is 0 Å². The quantitative estimate of drug-likeness (QED) is 0.768. The molecule has 0 amide bonds. The molecular formula is C14H24N2O. The second kappa shape index (κ2) is 6.62. The van der Waals surface area contributed by atoms with E-state index < -0.39 is 0 Å². The molecule has 96 valence electrons. The van der Waals surface area contributed by atoms with Crippen LogP contribution in [0.1, 0.15) is 32.4 Å². The zero-order valence-corrected chi connectivity index (χ0v) is 11.5. The van der Waals surface area contributed by atoms with Gasteiger partial charge in [-0.15, -0.1) is 0 Å². The van der Waals surface area contributed by atoms with Crippen molar-refractivity contribution in [1.29, 1.82) is 0 Å². The Balaban J connectivity index is 2.48. The van der Waals surface area contributed by atoms with Gasteiger partial charge in [-0.3, -0.25) is 0 Å². The number of hydrogen-bond donors (Lipinski definition) is 1. The van der Waals surface area contributed by atoms with Gasteiger partial charge in [-0.1, -0.05) is 26.0 Å². The predicted octanol–water partition coefficient (Wildman–Crippen LogP) is 2.99. The van der Waals surface area contributed by atoms with Crippen molar-refractivity contribution in [3.63, 3.8) is 0 Å². The van der Waals surface area contributed by atoms with E-state index in [4.69, 9.17) is 4.84 Å². The van der Waals surface area contributed by atoms with Gasteiger partial charge in [0.25, 0.3) is 0 Å². The maximum atomic E-state index is 5.43. The second-order valence-corrected chi connectivity index (χ2v) is 5.03. The van der Waals surface area contributed by atoms with Crippen LogP contribution in [-0.4, -0.2) is 20.7 Å². The molecule has 0 radical (unpaired) electrons. The van der Waals surface area contributed by atoms with Crippen molar-refractivity contribution in [2.45, 2.75) is 26.8 Å². The SMILES string of the molecule is CC(C)CONC(C)c1ccc(N(C)C)cc1. The highest BCUT2D eigenvalue weighted by Crippen LogP contribution is 2.17. The van der Waals surface area contributed by atoms with Crippen molar-refractivity contribution in [3.8, 4) is 0 Å². The maximum Gasteiger partial charge on any atom is 0.0705 e. The first-order valence-electron chi connectivity index (χ1n) is 6.15. The second-order valence-electron chi connectivity index (χ2n) is 5.03. The normalized spacial score (nSPS) is 12.8. The third kappa shape index (κ3) is 4.75. The lowest BCUT2D eigenvalue weighted by Crippen LogP contribution is -2.21. The van der Waals surface area contributed by atoms with Crippen molar-refractivity contribution in [2.24, 2.45) is 5.92 Å². The molecule has 0 fully saturated rings. The molecule has 1 N–H and O–H groups in total. The Morgan fingerprint density at radius 1 is 1.12 bits per heavy atom. The average Bonchev–Trinajstić information content (AvgIpc) is 2.28. The van der Waals surface area contributed by atoms with Crippen LogP contribution in [0.25, 0.3) is 0 Å². The number of hydroxylamine groups is 1. The van der Waals surface area contributed by atoms with Crippen LogP contribution in [0.3, 0.4) is 0 Å². The van der Waals surface area contributed by atoms with E-state index in [2.05, 4.69) is 55.4 Å². The summed E-state index contributed by atoms with van der Waals surface area (Å²) in [6, 6.07) is 8.72. The molecule has 0 aliphatic carbocycles. The molecule has 0 aromatic heterocycles. The summed E-state index contributed by atoms with van der Waals surface area (Å²) in [5, 5.41) is 0. The van der Waals surface area contributed by atoms with Crippen LogP contribution in [0.4, 0.5) is 5.69 Å². The third-order valence-electron chi connectivity index (χ3n) is 2.59. The van der Waals surface area contributed by atoms with E-state index in [1.807, 2.05) is 14.1 Å². The minimum atomic E-state index is 0.213. The van der Waals surface area contributed by atoms with Gasteiger partial charge in [0.2, 0.25) is 0 Å². The molecule has 1 rings (SSSR count). The minimum Gasteiger partial charge on any atom is -0.378 e. The van der Waals surface area contributed by atoms with Gasteiger partial charge >= 0.3 is 0 Å². The molecule has 3 nitrogen and oxygen atoms in total. The van der Waals surface area contributed by atoms with Gasteiger partial charge in [-0.05, 0) is 30.5 Å². The monoisotopic (exact) mass is 236 g/mol. The highest BCUT2D eigenvalue weighted by Gasteiger charge is 2.05. The van der Waals surface area contributed by atoms with Crippen LogP contribution < -0.4 is 10.4 Å². The van der Waals surface area contributed by atoms with Gasteiger partial charge in [-0.2, -0.15) is 5.48 Å². The zero-order valence-electron chi connectivity index (χ0n) is 11.5. The van der Waals surface area contributed by atoms with Gasteiger partial charge in [0.15, 0.2) is 0 Å². The topological polar surface area (TPSA) is 24.5 Å². The average molecular weight is 236 g/mol. The molecule has 0 spiro atoms. The fourth-order valence-corrected chi connectivity index (χ4v) is 1.47. The van der Waals surface area contributed by atoms with Gasteiger partial charge < -0.3 is 9.74 Å². The van der Waals surface area contributed by atoms with Crippen LogP contribution in [0.5, 0.6) is 0 Å². The first kappa shape index (κ1) is 14.0. The molecule has 1 aromatic rings. The summed E-state index contributed by atoms with van der Waals surface area (Å²) in [5.74, 6) is 0.547. The molecule has 1 atom stereocenters. The summed E-state index contributed by atoms with van der Waals surface area (Å²) in [6.45, 7) is 7.11. The zero-order chi connectivity index (χ0) is 12.8. The van der Waals surface area contributed by atoms with Crippen LogP contribution in [-0.2, 0) is 4.84 Å². The van der Waals surface area contributed by atoms with E-state index in [0.29, 0.717) is 5.92 Å². The van der Waals surface area contributed by atoms with Gasteiger partial charge in [0.05, 0.1) is 12.6 Å². The molecule has 1 unspecified atom stereocenters. The first-order chi connectivity index (χ1) is 8.00. The number of hydrogen-bond acceptors (Lipinski definition) is 3. The van der Waals surface area contributed by atoms with Crippen molar-refractivity contribution < 1.29 is 4.84 Å². The number of nitrogens with zero attached hydrogens (tertiary/aromatic N) is 1. The summed E-state index contributed by atoms with van der Waals surface area (Å²) in [4.78, 5) is 7.52. The maximum absolute atomic E-state index is 5.43. The number of benzene rings is 1. The summed E-state index contributed by atoms with van der Waals surface area (Å²) in [7, 11) is 4.09. The van der Waals surface area contributed by atoms with Gasteiger partial charge in [0, 0.05) is 19.8 Å². The molecule has 0 bridgehead atoms. The number of nitrogens with one attached hydrogen (secondary N) is 1. The number of anilines is 1. The van der Waals surface area contributed by atoms with Crippen molar-refractivity contribution in [2.75, 3.05) is 25.6 Å². The van der Waals surface area contributed by atoms with E-state index in [1.165, 1.54) is 11.3 Å². The molecular weight excluding hydrogens is 212 g/mol. The Morgan fingerprint density at radius 2 is 1.71 bits per heavy atom. The number of rotatable bonds is 6. The van der Waals surface area contributed by atoms with Crippen LogP contribution in [0, 0.1) is 5.92 Å². The Morgan fingerprint density at radius 3 is 2.18 bits per heavy atom. The van der Waals surface area contributed by atoms with Crippen molar-refractivity contribution in [1.82, 2.24) is 5.48 Å². The Kier molecular flexibility index (Phi) is 5.45. The summed E-state index contributed by atoms with van der Waals surface area (Å²) in [6.07, 6.45) is 0. The first-order valence-corrected chi connectivity index (χ1v) is 6.15. The summed E-state index contributed by atoms with van der Waals surface area (Å²) in [5.41, 5.74) is 5.51. The molecule has 0 heterocycles. The lowest BCUT2D eigenvalue weighted by molar-refractivity contribution is 0.00409. The lowest BCUT2D eigenvalue weighted by Gasteiger charge is -2.17. The fraction of sp³-hybridized carbons (Fsp3) is 0.571. The van der Waals surface area contributed by atoms with E-state index in [9.17, 15) is 0 Å². The molecule has 0 aliphatic heterocycles. The van der Waals surface area contributed by atoms with Gasteiger partial charge in [0.1, 0.15) is 0 Å². The predicted molar refractivity (Wildman–Crippen MR) is 73.1 cm³/mol. The molecule has 0 saturated carbocycles. The lowest BCUT2D eigenvalue weighted by atomic mass is 10.1. The third-order valence-corrected chi connectivity index (χ3v) is 2.59. The van der Waals surface area contributed by atoms with Crippen LogP contribution in [0.2, 0.25) is 0 Å². The Labute approximate surface area is 105 Å². The Bertz CT molecular complexity index is 319. The molecule has 0 aliphatic rings. The highest BCUT2D eigenvalue weighted by atomic mass is 16.6. The summed E-state index contributed by atoms with van der Waals surface area (Å²) < 4.78 is 0. The molecule has 17 heavy (non-hydrogen) atoms. The fourth-order valence-electron chi connectivity index (χ4n) is 1.47. The van der Waals surface area contributed by atoms with Crippen LogP contribution in [0.15, 0.2) is 24.3 Å². The standard InChI is InChI=1S/C14H24N2O/c1-11(2)10-17-15-12(3)13-6-8-14(9-7-13)16(4)5/h6-9,11-12,15H,10H2,1-5H3. The highest BCUT2D eigenvalue weighted by molar-refractivity contribution is 5.46. The molecule has 3 heteroatoms. The molecule has 0 saturated heterocycles. The minimum absolute atomic E-state index is 0.213. The van der Waals surface area contributed by atoms with E-state index in [1.54, 1.807) is 0 Å². The van der Waals surface area contributed by atoms with E-state index in [-0.39, 0.29) is 6.04 Å². The largest absolute Gasteiger partial charge is 0.378 e. The summed E-state index contributed by atoms with van der Waals surface area (Å²) >= 11 is 0. The Hall–Kier alpha value is -1.06. The van der Waals surface area contributed by atoms with Gasteiger partial charge in [-0.25, -0.2) is 0 Å². The smallest absolute Gasteiger partial charge is 0.0705 e. The van der Waals surface area contributed by atoms with Crippen molar-refractivity contribution >= 4 is 5.69 Å². The molecule has 1 aromatic carbocycles.